The number of hydrogen-bond donors (Lipinski definition) is 0. The maximum atomic E-state index is 4.26. The summed E-state index contributed by atoms with van der Waals surface area (Å²) in [4.78, 5) is 7.30. The maximum Gasteiger partial charge on any atom is 0.0753 e. The highest BCUT2D eigenvalue weighted by Gasteiger charge is 2.18. The van der Waals surface area contributed by atoms with Gasteiger partial charge in [-0.25, -0.2) is 0 Å². The Kier molecular flexibility index (Phi) is 4.63. The van der Waals surface area contributed by atoms with E-state index >= 15 is 0 Å². The van der Waals surface area contributed by atoms with Crippen LogP contribution in [0.25, 0.3) is 0 Å². The van der Waals surface area contributed by atoms with Crippen LogP contribution in [0.3, 0.4) is 0 Å². The molecular weight excluding hydrogens is 274 g/mol. The van der Waals surface area contributed by atoms with Crippen LogP contribution in [0.15, 0.2) is 42.7 Å². The second-order valence-electron chi connectivity index (χ2n) is 5.96. The molecule has 2 aromatic rings. The summed E-state index contributed by atoms with van der Waals surface area (Å²) in [5.74, 6) is 0. The predicted octanol–water partition coefficient (Wildman–Crippen LogP) is 1.68. The molecule has 1 aromatic heterocycles. The van der Waals surface area contributed by atoms with Crippen LogP contribution in [0.5, 0.6) is 0 Å². The Balaban J connectivity index is 1.44. The summed E-state index contributed by atoms with van der Waals surface area (Å²) in [6, 6.07) is 10.6. The van der Waals surface area contributed by atoms with Crippen molar-refractivity contribution >= 4 is 11.4 Å². The van der Waals surface area contributed by atoms with E-state index in [1.807, 2.05) is 17.9 Å². The summed E-state index contributed by atoms with van der Waals surface area (Å²) in [5.41, 5.74) is 2.53. The SMILES string of the molecule is CN(CCN1CCN(c2cnn(C)c2)CC1)c1ccccc1. The molecule has 3 rings (SSSR count). The fraction of sp³-hybridized carbons (Fsp3) is 0.471. The molecule has 1 saturated heterocycles. The van der Waals surface area contributed by atoms with E-state index in [1.54, 1.807) is 0 Å². The van der Waals surface area contributed by atoms with Crippen LogP contribution < -0.4 is 9.80 Å². The number of para-hydroxylation sites is 1. The molecule has 1 aromatic carbocycles. The molecule has 22 heavy (non-hydrogen) atoms. The minimum atomic E-state index is 1.07. The van der Waals surface area contributed by atoms with Crippen LogP contribution in [0.2, 0.25) is 0 Å². The lowest BCUT2D eigenvalue weighted by atomic mass is 10.2. The standard InChI is InChI=1S/C17H25N5/c1-19(16-6-4-3-5-7-16)8-9-21-10-12-22(13-11-21)17-14-18-20(2)15-17/h3-7,14-15H,8-13H2,1-2H3. The van der Waals surface area contributed by atoms with Crippen molar-refractivity contribution in [2.24, 2.45) is 7.05 Å². The topological polar surface area (TPSA) is 27.5 Å². The molecule has 0 radical (unpaired) electrons. The average Bonchev–Trinajstić information content (AvgIpc) is 3.00. The molecule has 0 bridgehead atoms. The zero-order chi connectivity index (χ0) is 15.4. The van der Waals surface area contributed by atoms with Gasteiger partial charge in [-0.3, -0.25) is 9.58 Å². The van der Waals surface area contributed by atoms with Crippen molar-refractivity contribution in [1.29, 1.82) is 0 Å². The van der Waals surface area contributed by atoms with Crippen LogP contribution in [-0.2, 0) is 7.05 Å². The molecule has 2 heterocycles. The number of aromatic nitrogens is 2. The van der Waals surface area contributed by atoms with Gasteiger partial charge in [0.05, 0.1) is 11.9 Å². The molecule has 0 atom stereocenters. The Morgan fingerprint density at radius 3 is 2.45 bits per heavy atom. The minimum Gasteiger partial charge on any atom is -0.373 e. The van der Waals surface area contributed by atoms with Crippen molar-refractivity contribution < 1.29 is 0 Å². The number of likely N-dealkylation sites (N-methyl/N-ethyl adjacent to an activating group) is 1. The summed E-state index contributed by atoms with van der Waals surface area (Å²) in [5, 5.41) is 4.26. The first-order chi connectivity index (χ1) is 10.7. The summed E-state index contributed by atoms with van der Waals surface area (Å²) in [6.45, 7) is 6.60. The van der Waals surface area contributed by atoms with Crippen molar-refractivity contribution in [3.8, 4) is 0 Å². The quantitative estimate of drug-likeness (QED) is 0.839. The zero-order valence-electron chi connectivity index (χ0n) is 13.5. The van der Waals surface area contributed by atoms with Crippen molar-refractivity contribution in [3.63, 3.8) is 0 Å². The van der Waals surface area contributed by atoms with Crippen LogP contribution in [0.1, 0.15) is 0 Å². The Morgan fingerprint density at radius 1 is 1.09 bits per heavy atom. The van der Waals surface area contributed by atoms with Gasteiger partial charge in [0.2, 0.25) is 0 Å². The number of nitrogens with zero attached hydrogens (tertiary/aromatic N) is 5. The van der Waals surface area contributed by atoms with Crippen molar-refractivity contribution in [2.75, 3.05) is 56.1 Å². The van der Waals surface area contributed by atoms with Gasteiger partial charge in [0.1, 0.15) is 0 Å². The van der Waals surface area contributed by atoms with Crippen molar-refractivity contribution in [1.82, 2.24) is 14.7 Å². The largest absolute Gasteiger partial charge is 0.373 e. The fourth-order valence-corrected chi connectivity index (χ4v) is 2.90. The molecule has 0 saturated carbocycles. The van der Waals surface area contributed by atoms with E-state index < -0.39 is 0 Å². The third-order valence-corrected chi connectivity index (χ3v) is 4.38. The molecule has 0 spiro atoms. The van der Waals surface area contributed by atoms with E-state index in [0.717, 1.165) is 39.3 Å². The second kappa shape index (κ2) is 6.83. The molecular formula is C17H25N5. The third-order valence-electron chi connectivity index (χ3n) is 4.38. The molecule has 0 N–H and O–H groups in total. The van der Waals surface area contributed by atoms with E-state index in [1.165, 1.54) is 11.4 Å². The lowest BCUT2D eigenvalue weighted by molar-refractivity contribution is 0.263. The first-order valence-corrected chi connectivity index (χ1v) is 7.94. The molecule has 5 heteroatoms. The number of piperazine rings is 1. The van der Waals surface area contributed by atoms with Gasteiger partial charge in [-0.2, -0.15) is 5.10 Å². The fourth-order valence-electron chi connectivity index (χ4n) is 2.90. The monoisotopic (exact) mass is 299 g/mol. The lowest BCUT2D eigenvalue weighted by Gasteiger charge is -2.36. The van der Waals surface area contributed by atoms with E-state index in [-0.39, 0.29) is 0 Å². The van der Waals surface area contributed by atoms with E-state index in [4.69, 9.17) is 0 Å². The highest BCUT2D eigenvalue weighted by Crippen LogP contribution is 2.15. The number of aryl methyl sites for hydroxylation is 1. The van der Waals surface area contributed by atoms with Crippen molar-refractivity contribution in [2.45, 2.75) is 0 Å². The number of hydrogen-bond acceptors (Lipinski definition) is 4. The van der Waals surface area contributed by atoms with Gasteiger partial charge >= 0.3 is 0 Å². The predicted molar refractivity (Wildman–Crippen MR) is 91.6 cm³/mol. The van der Waals surface area contributed by atoms with E-state index in [0.29, 0.717) is 0 Å². The van der Waals surface area contributed by atoms with E-state index in [9.17, 15) is 0 Å². The molecule has 5 nitrogen and oxygen atoms in total. The van der Waals surface area contributed by atoms with Crippen LogP contribution in [0.4, 0.5) is 11.4 Å². The maximum absolute atomic E-state index is 4.26. The minimum absolute atomic E-state index is 1.07. The Bertz CT molecular complexity index is 572. The summed E-state index contributed by atoms with van der Waals surface area (Å²) in [6.07, 6.45) is 4.05. The lowest BCUT2D eigenvalue weighted by Crippen LogP contribution is -2.48. The number of rotatable bonds is 5. The molecule has 1 aliphatic heterocycles. The van der Waals surface area contributed by atoms with Gasteiger partial charge in [-0.15, -0.1) is 0 Å². The summed E-state index contributed by atoms with van der Waals surface area (Å²) >= 11 is 0. The van der Waals surface area contributed by atoms with Crippen LogP contribution in [-0.4, -0.2) is 61.0 Å². The molecule has 1 fully saturated rings. The highest BCUT2D eigenvalue weighted by atomic mass is 15.3. The number of benzene rings is 1. The van der Waals surface area contributed by atoms with E-state index in [2.05, 4.69) is 63.4 Å². The van der Waals surface area contributed by atoms with Gasteiger partial charge < -0.3 is 9.80 Å². The first kappa shape index (κ1) is 14.9. The smallest absolute Gasteiger partial charge is 0.0753 e. The van der Waals surface area contributed by atoms with Crippen molar-refractivity contribution in [3.05, 3.63) is 42.7 Å². The van der Waals surface area contributed by atoms with Crippen LogP contribution >= 0.6 is 0 Å². The second-order valence-corrected chi connectivity index (χ2v) is 5.96. The van der Waals surface area contributed by atoms with Gasteiger partial charge in [0.15, 0.2) is 0 Å². The van der Waals surface area contributed by atoms with Gasteiger partial charge in [0.25, 0.3) is 0 Å². The molecule has 118 valence electrons. The molecule has 0 amide bonds. The summed E-state index contributed by atoms with van der Waals surface area (Å²) in [7, 11) is 4.14. The Morgan fingerprint density at radius 2 is 1.82 bits per heavy atom. The molecule has 1 aliphatic rings. The van der Waals surface area contributed by atoms with Gasteiger partial charge in [0, 0.05) is 65.2 Å². The number of anilines is 2. The molecule has 0 aliphatic carbocycles. The first-order valence-electron chi connectivity index (χ1n) is 7.94. The summed E-state index contributed by atoms with van der Waals surface area (Å²) < 4.78 is 1.87. The van der Waals surface area contributed by atoms with Gasteiger partial charge in [-0.1, -0.05) is 18.2 Å². The molecule has 0 unspecified atom stereocenters. The normalized spacial score (nSPS) is 16.0. The van der Waals surface area contributed by atoms with Crippen LogP contribution in [0, 0.1) is 0 Å². The Labute approximate surface area is 132 Å². The third kappa shape index (κ3) is 3.60. The van der Waals surface area contributed by atoms with Gasteiger partial charge in [-0.05, 0) is 12.1 Å². The highest BCUT2D eigenvalue weighted by molar-refractivity contribution is 5.45. The zero-order valence-corrected chi connectivity index (χ0v) is 13.5. The Hall–Kier alpha value is -2.01. The average molecular weight is 299 g/mol.